The van der Waals surface area contributed by atoms with Crippen molar-refractivity contribution in [3.8, 4) is 0 Å². The van der Waals surface area contributed by atoms with Crippen LogP contribution in [0.2, 0.25) is 0 Å². The lowest BCUT2D eigenvalue weighted by molar-refractivity contribution is 0.0600. The maximum atomic E-state index is 11.5. The van der Waals surface area contributed by atoms with Gasteiger partial charge >= 0.3 is 5.97 Å². The van der Waals surface area contributed by atoms with Crippen molar-refractivity contribution in [2.45, 2.75) is 32.9 Å². The van der Waals surface area contributed by atoms with Crippen molar-refractivity contribution in [1.29, 1.82) is 0 Å². The number of methoxy groups -OCH3 is 1. The average molecular weight is 344 g/mol. The molecule has 1 saturated heterocycles. The van der Waals surface area contributed by atoms with Crippen molar-refractivity contribution in [3.05, 3.63) is 41.5 Å². The molecule has 0 amide bonds. The highest BCUT2D eigenvalue weighted by atomic mass is 16.5. The summed E-state index contributed by atoms with van der Waals surface area (Å²) in [5.41, 5.74) is 1.69. The number of rotatable bonds is 5. The molecule has 1 aromatic carbocycles. The molecule has 134 valence electrons. The summed E-state index contributed by atoms with van der Waals surface area (Å²) in [5.74, 6) is 1.13. The predicted octanol–water partition coefficient (Wildman–Crippen LogP) is 2.13. The maximum absolute atomic E-state index is 11.5. The summed E-state index contributed by atoms with van der Waals surface area (Å²) >= 11 is 0. The Bertz CT molecular complexity index is 713. The molecule has 0 aliphatic carbocycles. The number of piperazine rings is 1. The molecule has 3 rings (SSSR count). The van der Waals surface area contributed by atoms with E-state index >= 15 is 0 Å². The first-order valence-corrected chi connectivity index (χ1v) is 8.59. The molecule has 2 aromatic rings. The molecule has 7 nitrogen and oxygen atoms in total. The van der Waals surface area contributed by atoms with Crippen molar-refractivity contribution in [2.75, 3.05) is 31.6 Å². The molecule has 1 aliphatic heterocycles. The Morgan fingerprint density at radius 3 is 2.68 bits per heavy atom. The van der Waals surface area contributed by atoms with Crippen LogP contribution in [0.3, 0.4) is 0 Å². The van der Waals surface area contributed by atoms with Crippen LogP contribution in [0, 0.1) is 0 Å². The lowest BCUT2D eigenvalue weighted by Crippen LogP contribution is -2.51. The van der Waals surface area contributed by atoms with E-state index in [2.05, 4.69) is 26.9 Å². The predicted molar refractivity (Wildman–Crippen MR) is 93.5 cm³/mol. The van der Waals surface area contributed by atoms with Crippen LogP contribution >= 0.6 is 0 Å². The molecule has 1 aromatic heterocycles. The molecule has 0 saturated carbocycles. The maximum Gasteiger partial charge on any atom is 0.337 e. The fourth-order valence-corrected chi connectivity index (χ4v) is 3.06. The summed E-state index contributed by atoms with van der Waals surface area (Å²) in [4.78, 5) is 20.6. The van der Waals surface area contributed by atoms with Crippen LogP contribution in [-0.4, -0.2) is 53.8 Å². The van der Waals surface area contributed by atoms with Gasteiger partial charge in [0.05, 0.1) is 19.2 Å². The third-order valence-corrected chi connectivity index (χ3v) is 4.58. The molecule has 1 fully saturated rings. The van der Waals surface area contributed by atoms with E-state index in [-0.39, 0.29) is 5.97 Å². The third kappa shape index (κ3) is 3.99. The van der Waals surface area contributed by atoms with Crippen molar-refractivity contribution in [2.24, 2.45) is 0 Å². The van der Waals surface area contributed by atoms with Crippen molar-refractivity contribution in [3.63, 3.8) is 0 Å². The summed E-state index contributed by atoms with van der Waals surface area (Å²) in [5, 5.41) is 3.96. The quantitative estimate of drug-likeness (QED) is 0.769. The molecular formula is C18H24N4O3. The van der Waals surface area contributed by atoms with Crippen LogP contribution in [0.5, 0.6) is 0 Å². The van der Waals surface area contributed by atoms with Gasteiger partial charge in [-0.15, -0.1) is 0 Å². The van der Waals surface area contributed by atoms with Gasteiger partial charge in [-0.3, -0.25) is 4.90 Å². The molecule has 0 spiro atoms. The number of aromatic nitrogens is 2. The first kappa shape index (κ1) is 17.4. The first-order valence-electron chi connectivity index (χ1n) is 8.59. The summed E-state index contributed by atoms with van der Waals surface area (Å²) in [6, 6.07) is 7.93. The second-order valence-electron chi connectivity index (χ2n) is 6.26. The Hall–Kier alpha value is -2.41. The normalized spacial score (nSPS) is 18.4. The number of ether oxygens (including phenoxy) is 1. The first-order chi connectivity index (χ1) is 12.1. The van der Waals surface area contributed by atoms with E-state index in [1.807, 2.05) is 31.2 Å². The van der Waals surface area contributed by atoms with Crippen LogP contribution in [0.15, 0.2) is 28.8 Å². The van der Waals surface area contributed by atoms with Crippen LogP contribution in [0.1, 0.15) is 35.9 Å². The Morgan fingerprint density at radius 2 is 2.08 bits per heavy atom. The van der Waals surface area contributed by atoms with Gasteiger partial charge in [0.15, 0.2) is 5.82 Å². The SMILES string of the molecule is CCc1noc(CN2CCN(c3ccc(C(=O)OC)cc3)C[C@@H]2C)n1. The van der Waals surface area contributed by atoms with Gasteiger partial charge in [0.1, 0.15) is 0 Å². The number of hydrogen-bond acceptors (Lipinski definition) is 7. The fraction of sp³-hybridized carbons (Fsp3) is 0.500. The van der Waals surface area contributed by atoms with Gasteiger partial charge in [-0.25, -0.2) is 4.79 Å². The molecule has 0 N–H and O–H groups in total. The van der Waals surface area contributed by atoms with E-state index < -0.39 is 0 Å². The molecule has 1 atom stereocenters. The highest BCUT2D eigenvalue weighted by Crippen LogP contribution is 2.21. The monoisotopic (exact) mass is 344 g/mol. The van der Waals surface area contributed by atoms with Crippen molar-refractivity contribution >= 4 is 11.7 Å². The number of esters is 1. The number of hydrogen-bond donors (Lipinski definition) is 0. The van der Waals surface area contributed by atoms with Gasteiger partial charge < -0.3 is 14.2 Å². The van der Waals surface area contributed by atoms with Gasteiger partial charge in [-0.2, -0.15) is 4.98 Å². The van der Waals surface area contributed by atoms with E-state index in [0.29, 0.717) is 24.0 Å². The number of aryl methyl sites for hydroxylation is 1. The van der Waals surface area contributed by atoms with Crippen LogP contribution in [0.4, 0.5) is 5.69 Å². The highest BCUT2D eigenvalue weighted by Gasteiger charge is 2.25. The molecule has 25 heavy (non-hydrogen) atoms. The van der Waals surface area contributed by atoms with Gasteiger partial charge in [-0.1, -0.05) is 12.1 Å². The fourth-order valence-electron chi connectivity index (χ4n) is 3.06. The zero-order chi connectivity index (χ0) is 17.8. The molecular weight excluding hydrogens is 320 g/mol. The minimum Gasteiger partial charge on any atom is -0.465 e. The second kappa shape index (κ2) is 7.65. The summed E-state index contributed by atoms with van der Waals surface area (Å²) < 4.78 is 10.0. The number of carbonyl (C=O) groups is 1. The molecule has 0 radical (unpaired) electrons. The summed E-state index contributed by atoms with van der Waals surface area (Å²) in [6.45, 7) is 7.64. The number of nitrogens with zero attached hydrogens (tertiary/aromatic N) is 4. The Kier molecular flexibility index (Phi) is 5.33. The lowest BCUT2D eigenvalue weighted by atomic mass is 10.1. The minimum atomic E-state index is -0.309. The van der Waals surface area contributed by atoms with Gasteiger partial charge in [0.2, 0.25) is 5.89 Å². The van der Waals surface area contributed by atoms with Crippen LogP contribution in [-0.2, 0) is 17.7 Å². The summed E-state index contributed by atoms with van der Waals surface area (Å²) in [6.07, 6.45) is 0.786. The topological polar surface area (TPSA) is 71.7 Å². The smallest absolute Gasteiger partial charge is 0.337 e. The Balaban J connectivity index is 1.60. The number of benzene rings is 1. The van der Waals surface area contributed by atoms with Crippen LogP contribution in [0.25, 0.3) is 0 Å². The zero-order valence-corrected chi connectivity index (χ0v) is 14.9. The molecule has 0 unspecified atom stereocenters. The zero-order valence-electron chi connectivity index (χ0n) is 14.9. The van der Waals surface area contributed by atoms with E-state index in [9.17, 15) is 4.79 Å². The van der Waals surface area contributed by atoms with E-state index in [1.54, 1.807) is 0 Å². The minimum absolute atomic E-state index is 0.309. The van der Waals surface area contributed by atoms with Gasteiger partial charge in [-0.05, 0) is 31.2 Å². The van der Waals surface area contributed by atoms with E-state index in [0.717, 1.165) is 37.6 Å². The van der Waals surface area contributed by atoms with Crippen molar-refractivity contribution in [1.82, 2.24) is 15.0 Å². The molecule has 0 bridgehead atoms. The number of carbonyl (C=O) groups excluding carboxylic acids is 1. The van der Waals surface area contributed by atoms with Crippen LogP contribution < -0.4 is 4.90 Å². The molecule has 2 heterocycles. The second-order valence-corrected chi connectivity index (χ2v) is 6.26. The highest BCUT2D eigenvalue weighted by molar-refractivity contribution is 5.89. The van der Waals surface area contributed by atoms with Gasteiger partial charge in [0, 0.05) is 37.8 Å². The lowest BCUT2D eigenvalue weighted by Gasteiger charge is -2.40. The van der Waals surface area contributed by atoms with E-state index in [1.165, 1.54) is 7.11 Å². The number of anilines is 1. The Morgan fingerprint density at radius 1 is 1.32 bits per heavy atom. The molecule has 1 aliphatic rings. The average Bonchev–Trinajstić information content (AvgIpc) is 3.10. The summed E-state index contributed by atoms with van der Waals surface area (Å²) in [7, 11) is 1.39. The standard InChI is InChI=1S/C18H24N4O3/c1-4-16-19-17(25-20-16)12-21-9-10-22(11-13(21)2)15-7-5-14(6-8-15)18(23)24-3/h5-8,13H,4,9-12H2,1-3H3/t13-/m0/s1. The van der Waals surface area contributed by atoms with Crippen molar-refractivity contribution < 1.29 is 14.1 Å². The Labute approximate surface area is 147 Å². The third-order valence-electron chi connectivity index (χ3n) is 4.58. The van der Waals surface area contributed by atoms with Gasteiger partial charge in [0.25, 0.3) is 0 Å². The molecule has 7 heteroatoms. The largest absolute Gasteiger partial charge is 0.465 e. The van der Waals surface area contributed by atoms with E-state index in [4.69, 9.17) is 9.26 Å².